The molecule has 2 nitrogen and oxygen atoms in total. The molecule has 0 aromatic heterocycles. The van der Waals surface area contributed by atoms with Gasteiger partial charge in [-0.25, -0.2) is 65.9 Å². The van der Waals surface area contributed by atoms with Crippen LogP contribution in [0.1, 0.15) is 41.5 Å². The standard InChI is InChI=1S/C30H19BF15OSi.C6H15N/c1-30(2,3)48(4,5)47-11-8-6-10(7-9-11)31(12-15(32)21(38)27(44)22(39)16(12)33,13-17(34)23(40)28(45)24(41)18(13)35)14-19(36)25(42)29(46)26(43)20(14)37;1-4-7(5-2)6-3/h6-9H,1-5H3;4-6H2,1-3H3/q-1;/p+1. The van der Waals surface area contributed by atoms with Crippen LogP contribution in [0, 0.1) is 87.3 Å². The summed E-state index contributed by atoms with van der Waals surface area (Å²) in [5.41, 5.74) is -9.53. The molecule has 0 bridgehead atoms. The summed E-state index contributed by atoms with van der Waals surface area (Å²) in [6.07, 6.45) is -5.84. The van der Waals surface area contributed by atoms with Gasteiger partial charge in [0.1, 0.15) is 46.8 Å². The molecule has 55 heavy (non-hydrogen) atoms. The van der Waals surface area contributed by atoms with Crippen LogP contribution < -0.4 is 31.2 Å². The number of halogens is 15. The molecule has 4 aromatic carbocycles. The highest BCUT2D eigenvalue weighted by Gasteiger charge is 2.49. The van der Waals surface area contributed by atoms with Crippen molar-refractivity contribution < 1.29 is 75.2 Å². The zero-order chi connectivity index (χ0) is 42.3. The van der Waals surface area contributed by atoms with Crippen LogP contribution >= 0.6 is 0 Å². The summed E-state index contributed by atoms with van der Waals surface area (Å²) in [5, 5.41) is -0.528. The lowest BCUT2D eigenvalue weighted by molar-refractivity contribution is -0.894. The van der Waals surface area contributed by atoms with Crippen LogP contribution in [0.25, 0.3) is 0 Å². The van der Waals surface area contributed by atoms with E-state index in [1.807, 2.05) is 0 Å². The summed E-state index contributed by atoms with van der Waals surface area (Å²) < 4.78 is 231. The van der Waals surface area contributed by atoms with E-state index in [1.54, 1.807) is 38.8 Å². The van der Waals surface area contributed by atoms with E-state index in [1.165, 1.54) is 19.6 Å². The highest BCUT2D eigenvalue weighted by Crippen LogP contribution is 2.37. The predicted molar refractivity (Wildman–Crippen MR) is 180 cm³/mol. The molecule has 0 unspecified atom stereocenters. The Morgan fingerprint density at radius 1 is 0.455 bits per heavy atom. The molecule has 4 rings (SSSR count). The Labute approximate surface area is 308 Å². The van der Waals surface area contributed by atoms with Gasteiger partial charge in [-0.15, -0.1) is 16.4 Å². The molecule has 0 saturated heterocycles. The summed E-state index contributed by atoms with van der Waals surface area (Å²) in [4.78, 5) is 1.68. The largest absolute Gasteiger partial charge is 0.544 e. The predicted octanol–water partition coefficient (Wildman–Crippen LogP) is 7.47. The van der Waals surface area contributed by atoms with E-state index >= 15 is 26.3 Å². The fourth-order valence-corrected chi connectivity index (χ4v) is 6.99. The maximum Gasteiger partial charge on any atom is 0.250 e. The molecule has 0 aliphatic carbocycles. The van der Waals surface area contributed by atoms with Crippen LogP contribution in [0.5, 0.6) is 5.75 Å². The van der Waals surface area contributed by atoms with E-state index in [4.69, 9.17) is 4.43 Å². The van der Waals surface area contributed by atoms with E-state index in [0.717, 1.165) is 12.1 Å². The minimum absolute atomic E-state index is 0.206. The Bertz CT molecular complexity index is 1820. The van der Waals surface area contributed by atoms with Crippen molar-refractivity contribution in [2.75, 3.05) is 19.6 Å². The summed E-state index contributed by atoms with van der Waals surface area (Å²) in [6, 6.07) is 2.35. The van der Waals surface area contributed by atoms with Crippen molar-refractivity contribution >= 4 is 36.3 Å². The molecular weight excluding hydrogens is 786 g/mol. The number of quaternary nitrogens is 1. The second kappa shape index (κ2) is 16.5. The van der Waals surface area contributed by atoms with Gasteiger partial charge in [-0.1, -0.05) is 32.9 Å². The average Bonchev–Trinajstić information content (AvgIpc) is 3.13. The molecule has 0 spiro atoms. The van der Waals surface area contributed by atoms with Crippen LogP contribution in [0.2, 0.25) is 18.1 Å². The van der Waals surface area contributed by atoms with Crippen molar-refractivity contribution in [2.45, 2.75) is 59.7 Å². The molecule has 1 N–H and O–H groups in total. The van der Waals surface area contributed by atoms with Crippen molar-refractivity contribution in [3.8, 4) is 5.75 Å². The maximum atomic E-state index is 15.7. The summed E-state index contributed by atoms with van der Waals surface area (Å²) in [7, 11) is -2.80. The zero-order valence-electron chi connectivity index (χ0n) is 30.6. The Kier molecular flexibility index (Phi) is 13.6. The summed E-state index contributed by atoms with van der Waals surface area (Å²) >= 11 is 0. The molecule has 19 heteroatoms. The van der Waals surface area contributed by atoms with Gasteiger partial charge in [0.15, 0.2) is 52.4 Å². The van der Waals surface area contributed by atoms with Crippen molar-refractivity contribution in [3.05, 3.63) is 112 Å². The van der Waals surface area contributed by atoms with Crippen LogP contribution in [-0.4, -0.2) is 34.1 Å². The highest BCUT2D eigenvalue weighted by atomic mass is 28.4. The van der Waals surface area contributed by atoms with Gasteiger partial charge >= 0.3 is 0 Å². The monoisotopic (exact) mass is 821 g/mol. The van der Waals surface area contributed by atoms with E-state index in [9.17, 15) is 39.5 Å². The minimum Gasteiger partial charge on any atom is -0.544 e. The van der Waals surface area contributed by atoms with Gasteiger partial charge in [0, 0.05) is 0 Å². The van der Waals surface area contributed by atoms with Gasteiger partial charge in [-0.05, 0) is 51.0 Å². The third-order valence-corrected chi connectivity index (χ3v) is 14.4. The lowest BCUT2D eigenvalue weighted by Gasteiger charge is -2.45. The first kappa shape index (κ1) is 45.3. The first-order valence-electron chi connectivity index (χ1n) is 16.7. The molecular formula is C36H35BF15NOSi. The first-order chi connectivity index (χ1) is 25.3. The number of hydrogen-bond donors (Lipinski definition) is 1. The fourth-order valence-electron chi connectivity index (χ4n) is 5.96. The molecule has 0 atom stereocenters. The molecule has 0 radical (unpaired) electrons. The van der Waals surface area contributed by atoms with E-state index in [-0.39, 0.29) is 5.75 Å². The topological polar surface area (TPSA) is 13.7 Å². The lowest BCUT2D eigenvalue weighted by atomic mass is 9.12. The molecule has 0 aliphatic heterocycles. The minimum atomic E-state index is -5.84. The van der Waals surface area contributed by atoms with Gasteiger partial charge < -0.3 is 9.33 Å². The zero-order valence-corrected chi connectivity index (χ0v) is 31.6. The van der Waals surface area contributed by atoms with Gasteiger partial charge in [0.05, 0.1) is 19.6 Å². The third kappa shape index (κ3) is 7.69. The van der Waals surface area contributed by atoms with Crippen LogP contribution in [0.4, 0.5) is 65.9 Å². The van der Waals surface area contributed by atoms with Crippen molar-refractivity contribution in [3.63, 3.8) is 0 Å². The normalized spacial score (nSPS) is 12.3. The van der Waals surface area contributed by atoms with Gasteiger partial charge in [-0.3, -0.25) is 0 Å². The number of rotatable bonds is 9. The molecule has 0 amide bonds. The number of benzene rings is 4. The van der Waals surface area contributed by atoms with Crippen LogP contribution in [0.3, 0.4) is 0 Å². The van der Waals surface area contributed by atoms with Crippen molar-refractivity contribution in [2.24, 2.45) is 0 Å². The van der Waals surface area contributed by atoms with Gasteiger partial charge in [0.2, 0.25) is 8.32 Å². The molecule has 0 aliphatic rings. The second-order valence-corrected chi connectivity index (χ2v) is 18.8. The summed E-state index contributed by atoms with van der Waals surface area (Å²) in [5.74, 6) is -45.9. The Morgan fingerprint density at radius 3 is 0.891 bits per heavy atom. The van der Waals surface area contributed by atoms with Crippen molar-refractivity contribution in [1.82, 2.24) is 0 Å². The quantitative estimate of drug-likeness (QED) is 0.0802. The molecule has 4 aromatic rings. The average molecular weight is 822 g/mol. The summed E-state index contributed by atoms with van der Waals surface area (Å²) in [6.45, 7) is 19.1. The molecule has 0 saturated carbocycles. The smallest absolute Gasteiger partial charge is 0.250 e. The van der Waals surface area contributed by atoms with Crippen LogP contribution in [0.15, 0.2) is 24.3 Å². The first-order valence-corrected chi connectivity index (χ1v) is 19.6. The van der Waals surface area contributed by atoms with Crippen LogP contribution in [-0.2, 0) is 0 Å². The van der Waals surface area contributed by atoms with E-state index < -0.39 is 129 Å². The Balaban J connectivity index is 0.00000106. The highest BCUT2D eigenvalue weighted by molar-refractivity contribution is 7.20. The number of nitrogens with one attached hydrogen (secondary N) is 1. The van der Waals surface area contributed by atoms with Gasteiger partial charge in [-0.2, -0.15) is 5.46 Å². The SMILES string of the molecule is CC(C)(C)[Si](C)(C)Oc1ccc([B-](c2c(F)c(F)c(F)c(F)c2F)(c2c(F)c(F)c(F)c(F)c2F)c2c(F)c(F)c(F)c(F)c2F)cc1.CC[NH+](CC)CC. The second-order valence-electron chi connectivity index (χ2n) is 14.1. The molecule has 302 valence electrons. The number of hydrogen-bond acceptors (Lipinski definition) is 1. The van der Waals surface area contributed by atoms with Crippen molar-refractivity contribution in [1.29, 1.82) is 0 Å². The van der Waals surface area contributed by atoms with E-state index in [2.05, 4.69) is 20.8 Å². The Hall–Kier alpha value is -4.13. The molecule has 0 heterocycles. The fraction of sp³-hybridized carbons (Fsp3) is 0.333. The third-order valence-electron chi connectivity index (χ3n) is 10.1. The Morgan fingerprint density at radius 2 is 0.691 bits per heavy atom. The maximum absolute atomic E-state index is 15.7. The van der Waals surface area contributed by atoms with E-state index in [0.29, 0.717) is 12.1 Å². The molecule has 0 fully saturated rings. The van der Waals surface area contributed by atoms with Gasteiger partial charge in [0.25, 0.3) is 0 Å². The lowest BCUT2D eigenvalue weighted by Crippen LogP contribution is -3.11.